The van der Waals surface area contributed by atoms with Gasteiger partial charge < -0.3 is 5.32 Å². The van der Waals surface area contributed by atoms with E-state index in [0.29, 0.717) is 0 Å². The van der Waals surface area contributed by atoms with Gasteiger partial charge in [0.25, 0.3) is 0 Å². The van der Waals surface area contributed by atoms with Crippen LogP contribution >= 0.6 is 0 Å². The predicted molar refractivity (Wildman–Crippen MR) is 66.6 cm³/mol. The molecule has 1 aliphatic rings. The molecule has 1 atom stereocenters. The molecule has 1 aromatic heterocycles. The minimum atomic E-state index is -3.23. The van der Waals surface area contributed by atoms with Gasteiger partial charge in [0.2, 0.25) is 0 Å². The Morgan fingerprint density at radius 1 is 1.47 bits per heavy atom. The average Bonchev–Trinajstić information content (AvgIpc) is 2.30. The van der Waals surface area contributed by atoms with Crippen LogP contribution in [0.3, 0.4) is 0 Å². The maximum atomic E-state index is 12.1. The smallest absolute Gasteiger partial charge is 0.195 e. The number of rotatable bonds is 3. The summed E-state index contributed by atoms with van der Waals surface area (Å²) in [4.78, 5) is 4.01. The number of piperidine rings is 1. The van der Waals surface area contributed by atoms with Crippen molar-refractivity contribution in [2.45, 2.75) is 24.8 Å². The minimum absolute atomic E-state index is 0.202. The second-order valence-electron chi connectivity index (χ2n) is 4.67. The van der Waals surface area contributed by atoms with E-state index in [-0.39, 0.29) is 16.7 Å². The van der Waals surface area contributed by atoms with Crippen LogP contribution in [0, 0.1) is 12.8 Å². The topological polar surface area (TPSA) is 59.1 Å². The van der Waals surface area contributed by atoms with E-state index >= 15 is 0 Å². The molecule has 4 nitrogen and oxygen atoms in total. The Morgan fingerprint density at radius 2 is 2.29 bits per heavy atom. The fourth-order valence-electron chi connectivity index (χ4n) is 2.10. The molecule has 0 aliphatic carbocycles. The van der Waals surface area contributed by atoms with Gasteiger partial charge in [-0.1, -0.05) is 6.07 Å². The molecule has 0 radical (unpaired) electrons. The van der Waals surface area contributed by atoms with Crippen LogP contribution in [0.25, 0.3) is 0 Å². The molecule has 1 aliphatic heterocycles. The number of pyridine rings is 1. The van der Waals surface area contributed by atoms with E-state index in [1.54, 1.807) is 18.3 Å². The van der Waals surface area contributed by atoms with Crippen LogP contribution in [0.15, 0.2) is 23.4 Å². The van der Waals surface area contributed by atoms with Crippen LogP contribution in [0.5, 0.6) is 0 Å². The average molecular weight is 254 g/mol. The summed E-state index contributed by atoms with van der Waals surface area (Å²) >= 11 is 0. The molecule has 5 heteroatoms. The van der Waals surface area contributed by atoms with Crippen molar-refractivity contribution in [3.05, 3.63) is 23.9 Å². The van der Waals surface area contributed by atoms with Crippen LogP contribution in [0.1, 0.15) is 18.4 Å². The molecule has 0 amide bonds. The van der Waals surface area contributed by atoms with Crippen LogP contribution < -0.4 is 5.32 Å². The number of hydrogen-bond donors (Lipinski definition) is 1. The second-order valence-corrected chi connectivity index (χ2v) is 6.65. The molecule has 2 rings (SSSR count). The first-order valence-corrected chi connectivity index (χ1v) is 7.59. The molecule has 0 spiro atoms. The van der Waals surface area contributed by atoms with Crippen molar-refractivity contribution >= 4 is 9.84 Å². The molecular formula is C12H18N2O2S. The Balaban J connectivity index is 2.10. The van der Waals surface area contributed by atoms with Crippen molar-refractivity contribution < 1.29 is 8.42 Å². The van der Waals surface area contributed by atoms with E-state index in [4.69, 9.17) is 0 Å². The molecule has 1 N–H and O–H groups in total. The number of nitrogens with one attached hydrogen (secondary N) is 1. The van der Waals surface area contributed by atoms with Gasteiger partial charge in [-0.3, -0.25) is 0 Å². The summed E-state index contributed by atoms with van der Waals surface area (Å²) in [6.07, 6.45) is 3.64. The predicted octanol–water partition coefficient (Wildman–Crippen LogP) is 1.16. The largest absolute Gasteiger partial charge is 0.316 e. The minimum Gasteiger partial charge on any atom is -0.316 e. The third-order valence-corrected chi connectivity index (χ3v) is 4.85. The van der Waals surface area contributed by atoms with Crippen molar-refractivity contribution in [3.8, 4) is 0 Å². The van der Waals surface area contributed by atoms with E-state index in [9.17, 15) is 8.42 Å². The molecule has 1 saturated heterocycles. The highest BCUT2D eigenvalue weighted by molar-refractivity contribution is 7.91. The first kappa shape index (κ1) is 12.5. The summed E-state index contributed by atoms with van der Waals surface area (Å²) in [7, 11) is -3.23. The highest BCUT2D eigenvalue weighted by Gasteiger charge is 2.23. The lowest BCUT2D eigenvalue weighted by molar-refractivity contribution is 0.403. The van der Waals surface area contributed by atoms with Crippen molar-refractivity contribution in [3.63, 3.8) is 0 Å². The molecule has 1 fully saturated rings. The van der Waals surface area contributed by atoms with Crippen molar-refractivity contribution in [2.75, 3.05) is 18.8 Å². The van der Waals surface area contributed by atoms with Gasteiger partial charge in [-0.15, -0.1) is 0 Å². The lowest BCUT2D eigenvalue weighted by atomic mass is 10.0. The Bertz CT molecular complexity index is 462. The third kappa shape index (κ3) is 3.26. The molecule has 1 aromatic rings. The maximum Gasteiger partial charge on any atom is 0.195 e. The van der Waals surface area contributed by atoms with Gasteiger partial charge in [-0.05, 0) is 50.4 Å². The highest BCUT2D eigenvalue weighted by atomic mass is 32.2. The zero-order valence-electron chi connectivity index (χ0n) is 10.0. The van der Waals surface area contributed by atoms with Gasteiger partial charge in [-0.25, -0.2) is 13.4 Å². The quantitative estimate of drug-likeness (QED) is 0.879. The number of aromatic nitrogens is 1. The Hall–Kier alpha value is -0.940. The zero-order valence-corrected chi connectivity index (χ0v) is 10.8. The normalized spacial score (nSPS) is 21.4. The zero-order chi connectivity index (χ0) is 12.3. The van der Waals surface area contributed by atoms with Crippen LogP contribution in [0.4, 0.5) is 0 Å². The van der Waals surface area contributed by atoms with Gasteiger partial charge in [0.15, 0.2) is 14.9 Å². The SMILES string of the molecule is Cc1ccc(S(=O)(=O)C[C@H]2CCCNC2)nc1. The number of nitrogens with zero attached hydrogens (tertiary/aromatic N) is 1. The van der Waals surface area contributed by atoms with Crippen LogP contribution in [0.2, 0.25) is 0 Å². The van der Waals surface area contributed by atoms with E-state index in [0.717, 1.165) is 31.5 Å². The van der Waals surface area contributed by atoms with E-state index in [1.165, 1.54) is 0 Å². The van der Waals surface area contributed by atoms with Crippen molar-refractivity contribution in [1.82, 2.24) is 10.3 Å². The van der Waals surface area contributed by atoms with Gasteiger partial charge in [0.05, 0.1) is 5.75 Å². The van der Waals surface area contributed by atoms with Crippen LogP contribution in [-0.2, 0) is 9.84 Å². The summed E-state index contributed by atoms with van der Waals surface area (Å²) in [6, 6.07) is 3.39. The number of hydrogen-bond acceptors (Lipinski definition) is 4. The molecule has 17 heavy (non-hydrogen) atoms. The molecule has 2 heterocycles. The summed E-state index contributed by atoms with van der Waals surface area (Å²) in [5.74, 6) is 0.424. The summed E-state index contributed by atoms with van der Waals surface area (Å²) in [6.45, 7) is 3.69. The number of aryl methyl sites for hydroxylation is 1. The van der Waals surface area contributed by atoms with E-state index < -0.39 is 9.84 Å². The Kier molecular flexibility index (Phi) is 3.79. The van der Waals surface area contributed by atoms with E-state index in [1.807, 2.05) is 6.92 Å². The van der Waals surface area contributed by atoms with Gasteiger partial charge in [0.1, 0.15) is 0 Å². The molecule has 94 valence electrons. The number of sulfone groups is 1. The maximum absolute atomic E-state index is 12.1. The standard InChI is InChI=1S/C12H18N2O2S/c1-10-4-5-12(14-7-10)17(15,16)9-11-3-2-6-13-8-11/h4-5,7,11,13H,2-3,6,8-9H2,1H3/t11-/m0/s1. The molecule has 0 bridgehead atoms. The van der Waals surface area contributed by atoms with Crippen LogP contribution in [-0.4, -0.2) is 32.2 Å². The lowest BCUT2D eigenvalue weighted by Crippen LogP contribution is -2.33. The molecule has 0 saturated carbocycles. The molecule has 0 aromatic carbocycles. The van der Waals surface area contributed by atoms with E-state index in [2.05, 4.69) is 10.3 Å². The van der Waals surface area contributed by atoms with Gasteiger partial charge >= 0.3 is 0 Å². The highest BCUT2D eigenvalue weighted by Crippen LogP contribution is 2.17. The molecular weight excluding hydrogens is 236 g/mol. The van der Waals surface area contributed by atoms with Crippen molar-refractivity contribution in [2.24, 2.45) is 5.92 Å². The lowest BCUT2D eigenvalue weighted by Gasteiger charge is -2.22. The summed E-state index contributed by atoms with van der Waals surface area (Å²) in [5.41, 5.74) is 0.975. The Labute approximate surface area is 102 Å². The first-order valence-electron chi connectivity index (χ1n) is 5.94. The first-order chi connectivity index (χ1) is 8.08. The third-order valence-electron chi connectivity index (χ3n) is 3.06. The Morgan fingerprint density at radius 3 is 2.88 bits per heavy atom. The monoisotopic (exact) mass is 254 g/mol. The van der Waals surface area contributed by atoms with Gasteiger partial charge in [0, 0.05) is 6.20 Å². The van der Waals surface area contributed by atoms with Gasteiger partial charge in [-0.2, -0.15) is 0 Å². The second kappa shape index (κ2) is 5.14. The fourth-order valence-corrected chi connectivity index (χ4v) is 3.66. The van der Waals surface area contributed by atoms with Crippen molar-refractivity contribution in [1.29, 1.82) is 0 Å². The molecule has 0 unspecified atom stereocenters. The summed E-state index contributed by atoms with van der Waals surface area (Å²) < 4.78 is 24.2. The fraction of sp³-hybridized carbons (Fsp3) is 0.583. The summed E-state index contributed by atoms with van der Waals surface area (Å²) in [5, 5.41) is 3.44.